The van der Waals surface area contributed by atoms with E-state index in [4.69, 9.17) is 4.74 Å². The van der Waals surface area contributed by atoms with Crippen molar-refractivity contribution in [1.82, 2.24) is 15.0 Å². The Bertz CT molecular complexity index is 822. The van der Waals surface area contributed by atoms with Crippen LogP contribution < -0.4 is 0 Å². The molecule has 0 aliphatic rings. The number of benzene rings is 2. The van der Waals surface area contributed by atoms with Crippen LogP contribution in [0.4, 0.5) is 0 Å². The Kier molecular flexibility index (Phi) is 6.25. The summed E-state index contributed by atoms with van der Waals surface area (Å²) in [5, 5.41) is 8.08. The average molecular weight is 418 g/mol. The number of hydrogen-bond acceptors (Lipinski definition) is 5. The summed E-state index contributed by atoms with van der Waals surface area (Å²) in [6.07, 6.45) is 1.77. The van der Waals surface area contributed by atoms with Crippen LogP contribution >= 0.6 is 27.7 Å². The second kappa shape index (κ2) is 8.82. The second-order valence-corrected chi connectivity index (χ2v) is 7.26. The van der Waals surface area contributed by atoms with E-state index >= 15 is 0 Å². The van der Waals surface area contributed by atoms with E-state index in [9.17, 15) is 4.79 Å². The van der Waals surface area contributed by atoms with Crippen molar-refractivity contribution in [1.29, 1.82) is 0 Å². The third kappa shape index (κ3) is 5.72. The van der Waals surface area contributed by atoms with Crippen molar-refractivity contribution < 1.29 is 9.53 Å². The van der Waals surface area contributed by atoms with E-state index in [-0.39, 0.29) is 19.1 Å². The highest BCUT2D eigenvalue weighted by atomic mass is 79.9. The van der Waals surface area contributed by atoms with E-state index in [2.05, 4.69) is 26.2 Å². The number of ether oxygens (including phenoxy) is 1. The first-order valence-electron chi connectivity index (χ1n) is 7.66. The zero-order valence-corrected chi connectivity index (χ0v) is 15.7. The zero-order chi connectivity index (χ0) is 17.5. The lowest BCUT2D eigenvalue weighted by Gasteiger charge is -2.04. The minimum Gasteiger partial charge on any atom is -0.459 e. The number of carbonyl (C=O) groups excluding carboxylic acids is 1. The molecule has 5 nitrogen and oxygen atoms in total. The first kappa shape index (κ1) is 17.7. The molecule has 1 heterocycles. The van der Waals surface area contributed by atoms with Gasteiger partial charge in [0.1, 0.15) is 13.2 Å². The predicted octanol–water partition coefficient (Wildman–Crippen LogP) is 4.08. The number of thioether (sulfide) groups is 1. The van der Waals surface area contributed by atoms with Gasteiger partial charge in [0.15, 0.2) is 0 Å². The number of esters is 1. The van der Waals surface area contributed by atoms with E-state index in [1.165, 1.54) is 4.68 Å². The molecule has 1 aromatic heterocycles. The molecule has 0 atom stereocenters. The van der Waals surface area contributed by atoms with Crippen molar-refractivity contribution in [2.45, 2.75) is 23.8 Å². The van der Waals surface area contributed by atoms with Gasteiger partial charge in [0, 0.05) is 21.3 Å². The normalized spacial score (nSPS) is 10.6. The molecule has 0 aliphatic heterocycles. The number of aromatic nitrogens is 3. The molecule has 0 saturated carbocycles. The molecule has 0 bridgehead atoms. The predicted molar refractivity (Wildman–Crippen MR) is 100.0 cm³/mol. The molecule has 7 heteroatoms. The number of carbonyl (C=O) groups is 1. The Morgan fingerprint density at radius 2 is 1.88 bits per heavy atom. The molecule has 128 valence electrons. The lowest BCUT2D eigenvalue weighted by Crippen LogP contribution is -2.14. The summed E-state index contributed by atoms with van der Waals surface area (Å²) in [5.74, 6) is 0.363. The highest BCUT2D eigenvalue weighted by Gasteiger charge is 2.08. The lowest BCUT2D eigenvalue weighted by atomic mass is 10.2. The average Bonchev–Trinajstić information content (AvgIpc) is 3.08. The fourth-order valence-electron chi connectivity index (χ4n) is 2.09. The van der Waals surface area contributed by atoms with Crippen LogP contribution in [0.2, 0.25) is 0 Å². The van der Waals surface area contributed by atoms with Crippen molar-refractivity contribution in [3.8, 4) is 0 Å². The SMILES string of the molecule is O=C(Cn1cc(CSc2ccc(Br)cc2)nn1)OCc1ccccc1. The topological polar surface area (TPSA) is 57.0 Å². The first-order chi connectivity index (χ1) is 12.2. The lowest BCUT2D eigenvalue weighted by molar-refractivity contribution is -0.145. The molecule has 0 N–H and O–H groups in total. The van der Waals surface area contributed by atoms with E-state index in [0.717, 1.165) is 20.6 Å². The Hall–Kier alpha value is -2.12. The minimum absolute atomic E-state index is 0.0583. The molecule has 25 heavy (non-hydrogen) atoms. The summed E-state index contributed by atoms with van der Waals surface area (Å²) in [7, 11) is 0. The maximum atomic E-state index is 11.9. The number of halogens is 1. The third-order valence-electron chi connectivity index (χ3n) is 3.32. The monoisotopic (exact) mass is 417 g/mol. The fraction of sp³-hybridized carbons (Fsp3) is 0.167. The van der Waals surface area contributed by atoms with Crippen molar-refractivity contribution in [3.05, 3.63) is 76.5 Å². The Balaban J connectivity index is 1.46. The van der Waals surface area contributed by atoms with Gasteiger partial charge in [-0.2, -0.15) is 0 Å². The molecule has 0 saturated heterocycles. The van der Waals surface area contributed by atoms with Crippen LogP contribution in [-0.4, -0.2) is 21.0 Å². The molecule has 2 aromatic carbocycles. The van der Waals surface area contributed by atoms with Crippen molar-refractivity contribution in [2.75, 3.05) is 0 Å². The van der Waals surface area contributed by atoms with Crippen LogP contribution in [0.25, 0.3) is 0 Å². The standard InChI is InChI=1S/C18H16BrN3O2S/c19-15-6-8-17(9-7-15)25-13-16-10-22(21-20-16)11-18(23)24-12-14-4-2-1-3-5-14/h1-10H,11-13H2. The summed E-state index contributed by atoms with van der Waals surface area (Å²) in [6.45, 7) is 0.323. The highest BCUT2D eigenvalue weighted by Crippen LogP contribution is 2.23. The van der Waals surface area contributed by atoms with Gasteiger partial charge in [-0.05, 0) is 29.8 Å². The minimum atomic E-state index is -0.333. The van der Waals surface area contributed by atoms with Crippen LogP contribution in [0.1, 0.15) is 11.3 Å². The Morgan fingerprint density at radius 3 is 2.64 bits per heavy atom. The van der Waals surface area contributed by atoms with E-state index < -0.39 is 0 Å². The Morgan fingerprint density at radius 1 is 1.12 bits per heavy atom. The third-order valence-corrected chi connectivity index (χ3v) is 4.89. The fourth-order valence-corrected chi connectivity index (χ4v) is 3.13. The second-order valence-electron chi connectivity index (χ2n) is 5.30. The summed E-state index contributed by atoms with van der Waals surface area (Å²) < 4.78 is 7.80. The molecule has 0 spiro atoms. The van der Waals surface area contributed by atoms with E-state index in [1.54, 1.807) is 18.0 Å². The van der Waals surface area contributed by atoms with Gasteiger partial charge in [-0.1, -0.05) is 51.5 Å². The van der Waals surface area contributed by atoms with Crippen LogP contribution in [0.3, 0.4) is 0 Å². The summed E-state index contributed by atoms with van der Waals surface area (Å²) >= 11 is 5.09. The zero-order valence-electron chi connectivity index (χ0n) is 13.3. The van der Waals surface area contributed by atoms with Gasteiger partial charge in [0.2, 0.25) is 0 Å². The number of hydrogen-bond donors (Lipinski definition) is 0. The van der Waals surface area contributed by atoms with Gasteiger partial charge in [-0.15, -0.1) is 16.9 Å². The van der Waals surface area contributed by atoms with E-state index in [0.29, 0.717) is 5.75 Å². The smallest absolute Gasteiger partial charge is 0.328 e. The molecule has 0 amide bonds. The van der Waals surface area contributed by atoms with Crippen molar-refractivity contribution >= 4 is 33.7 Å². The number of rotatable bonds is 7. The maximum absolute atomic E-state index is 11.9. The Labute approximate surface area is 158 Å². The first-order valence-corrected chi connectivity index (χ1v) is 9.44. The van der Waals surface area contributed by atoms with Gasteiger partial charge >= 0.3 is 5.97 Å². The quantitative estimate of drug-likeness (QED) is 0.428. The molecule has 0 unspecified atom stereocenters. The molecular weight excluding hydrogens is 402 g/mol. The van der Waals surface area contributed by atoms with Crippen LogP contribution in [-0.2, 0) is 28.4 Å². The maximum Gasteiger partial charge on any atom is 0.328 e. The summed E-state index contributed by atoms with van der Waals surface area (Å²) in [5.41, 5.74) is 1.78. The molecule has 3 rings (SSSR count). The molecular formula is C18H16BrN3O2S. The van der Waals surface area contributed by atoms with Crippen molar-refractivity contribution in [3.63, 3.8) is 0 Å². The summed E-state index contributed by atoms with van der Waals surface area (Å²) in [6, 6.07) is 17.7. The largest absolute Gasteiger partial charge is 0.459 e. The van der Waals surface area contributed by atoms with Gasteiger partial charge < -0.3 is 4.74 Å². The van der Waals surface area contributed by atoms with Gasteiger partial charge in [-0.25, -0.2) is 4.68 Å². The van der Waals surface area contributed by atoms with Gasteiger partial charge in [0.05, 0.1) is 5.69 Å². The summed E-state index contributed by atoms with van der Waals surface area (Å²) in [4.78, 5) is 13.0. The van der Waals surface area contributed by atoms with Crippen molar-refractivity contribution in [2.24, 2.45) is 0 Å². The molecule has 0 aliphatic carbocycles. The molecule has 0 fully saturated rings. The van der Waals surface area contributed by atoms with Gasteiger partial charge in [0.25, 0.3) is 0 Å². The van der Waals surface area contributed by atoms with Crippen LogP contribution in [0.15, 0.2) is 70.2 Å². The number of nitrogens with zero attached hydrogens (tertiary/aromatic N) is 3. The van der Waals surface area contributed by atoms with E-state index in [1.807, 2.05) is 54.6 Å². The van der Waals surface area contributed by atoms with Gasteiger partial charge in [-0.3, -0.25) is 4.79 Å². The molecule has 3 aromatic rings. The van der Waals surface area contributed by atoms with Crippen LogP contribution in [0, 0.1) is 0 Å². The molecule has 0 radical (unpaired) electrons. The van der Waals surface area contributed by atoms with Crippen LogP contribution in [0.5, 0.6) is 0 Å². The highest BCUT2D eigenvalue weighted by molar-refractivity contribution is 9.10.